The Kier molecular flexibility index (Phi) is 13.4. The number of ether oxygens (including phenoxy) is 1. The van der Waals surface area contributed by atoms with Crippen LogP contribution in [0, 0.1) is 23.2 Å². The Morgan fingerprint density at radius 1 is 1.04 bits per heavy atom. The number of nitrogens with zero attached hydrogens (tertiary/aromatic N) is 1. The first kappa shape index (κ1) is 39.1. The first-order chi connectivity index (χ1) is 21.6. The van der Waals surface area contributed by atoms with E-state index in [1.54, 1.807) is 60.6 Å². The number of hydrogen-bond donors (Lipinski definition) is 4. The Labute approximate surface area is 271 Å². The Hall–Kier alpha value is -4.11. The van der Waals surface area contributed by atoms with Crippen molar-refractivity contribution >= 4 is 35.5 Å². The van der Waals surface area contributed by atoms with Crippen molar-refractivity contribution in [2.45, 2.75) is 105 Å². The van der Waals surface area contributed by atoms with Crippen molar-refractivity contribution in [3.63, 3.8) is 0 Å². The number of likely N-dealkylation sites (tertiary alicyclic amines) is 1. The number of esters is 1. The van der Waals surface area contributed by atoms with Gasteiger partial charge >= 0.3 is 18.2 Å². The Morgan fingerprint density at radius 2 is 1.68 bits per heavy atom. The zero-order chi connectivity index (χ0) is 35.9. The molecule has 47 heavy (non-hydrogen) atoms. The van der Waals surface area contributed by atoms with Gasteiger partial charge in [0, 0.05) is 13.0 Å². The first-order valence-electron chi connectivity index (χ1n) is 15.4. The minimum absolute atomic E-state index is 0.0698. The lowest BCUT2D eigenvalue weighted by Crippen LogP contribution is -2.62. The third-order valence-corrected chi connectivity index (χ3v) is 7.98. The van der Waals surface area contributed by atoms with Crippen molar-refractivity contribution in [3.8, 4) is 0 Å². The number of carbonyl (C=O) groups is 6. The molecule has 2 unspecified atom stereocenters. The molecule has 1 aliphatic rings. The number of halogens is 3. The van der Waals surface area contributed by atoms with E-state index in [4.69, 9.17) is 14.9 Å². The maximum Gasteiger partial charge on any atom is 0.389 e. The number of rotatable bonds is 14. The van der Waals surface area contributed by atoms with Gasteiger partial charge in [-0.15, -0.1) is 0 Å². The van der Waals surface area contributed by atoms with E-state index in [0.29, 0.717) is 12.2 Å². The van der Waals surface area contributed by atoms with Crippen LogP contribution < -0.4 is 21.7 Å². The van der Waals surface area contributed by atoms with E-state index < -0.39 is 95.9 Å². The molecule has 1 aromatic heterocycles. The maximum absolute atomic E-state index is 14.1. The molecule has 0 saturated carbocycles. The van der Waals surface area contributed by atoms with Crippen LogP contribution in [0.3, 0.4) is 0 Å². The van der Waals surface area contributed by atoms with Gasteiger partial charge in [0.1, 0.15) is 30.5 Å². The summed E-state index contributed by atoms with van der Waals surface area (Å²) >= 11 is 0. The van der Waals surface area contributed by atoms with E-state index in [1.807, 2.05) is 0 Å². The van der Waals surface area contributed by atoms with E-state index in [1.165, 1.54) is 11.2 Å². The molecule has 0 radical (unpaired) electrons. The second kappa shape index (κ2) is 16.1. The molecule has 1 fully saturated rings. The standard InChI is InChI=1S/C31H46F3N5O8/c1-16(2)19-11-13-39(22(19)26(42)36-20(23(40)25(35)41)10-12-31(32,33)34)27(43)24(30(5,6)7)38-29(45)37-21(17(3)4)28(44)47-15-18-9-8-14-46-18/h8-9,14,16-17,19-22,24H,10-13,15H2,1-7H3,(H2,35,41)(H,36,42)(H2,37,38,45)/t19?,20?,21-,22-,24+/m0/s1. The minimum Gasteiger partial charge on any atom is -0.466 e. The van der Waals surface area contributed by atoms with Gasteiger partial charge in [0.15, 0.2) is 0 Å². The monoisotopic (exact) mass is 673 g/mol. The normalized spacial score (nSPS) is 18.8. The zero-order valence-electron chi connectivity index (χ0n) is 27.7. The maximum atomic E-state index is 14.1. The van der Waals surface area contributed by atoms with E-state index in [2.05, 4.69) is 16.0 Å². The molecule has 13 nitrogen and oxygen atoms in total. The molecule has 2 rings (SSSR count). The molecule has 16 heteroatoms. The Morgan fingerprint density at radius 3 is 2.17 bits per heavy atom. The number of nitrogens with two attached hydrogens (primary N) is 1. The van der Waals surface area contributed by atoms with Crippen LogP contribution in [0.5, 0.6) is 0 Å². The fraction of sp³-hybridized carbons (Fsp3) is 0.677. The highest BCUT2D eigenvalue weighted by atomic mass is 19.4. The zero-order valence-corrected chi connectivity index (χ0v) is 27.7. The summed E-state index contributed by atoms with van der Waals surface area (Å²) in [5, 5.41) is 7.40. The van der Waals surface area contributed by atoms with Gasteiger partial charge in [-0.05, 0) is 48.1 Å². The second-order valence-electron chi connectivity index (χ2n) is 13.4. The Balaban J connectivity index is 2.29. The van der Waals surface area contributed by atoms with Gasteiger partial charge in [0.25, 0.3) is 5.91 Å². The average Bonchev–Trinajstić information content (AvgIpc) is 3.64. The molecule has 2 heterocycles. The number of nitrogens with one attached hydrogen (secondary N) is 3. The Bertz CT molecular complexity index is 1280. The van der Waals surface area contributed by atoms with E-state index >= 15 is 0 Å². The van der Waals surface area contributed by atoms with Crippen LogP contribution in [0.1, 0.15) is 73.5 Å². The third-order valence-electron chi connectivity index (χ3n) is 7.98. The van der Waals surface area contributed by atoms with Crippen molar-refractivity contribution in [1.29, 1.82) is 0 Å². The molecular formula is C31H46F3N5O8. The summed E-state index contributed by atoms with van der Waals surface area (Å²) in [6.07, 6.45) is -5.29. The van der Waals surface area contributed by atoms with Crippen molar-refractivity contribution in [3.05, 3.63) is 24.2 Å². The first-order valence-corrected chi connectivity index (χ1v) is 15.4. The van der Waals surface area contributed by atoms with E-state index in [9.17, 15) is 41.9 Å². The topological polar surface area (TPSA) is 190 Å². The quantitative estimate of drug-likeness (QED) is 0.171. The number of primary amides is 1. The van der Waals surface area contributed by atoms with E-state index in [-0.39, 0.29) is 19.1 Å². The summed E-state index contributed by atoms with van der Waals surface area (Å²) < 4.78 is 49.3. The van der Waals surface area contributed by atoms with Gasteiger partial charge in [-0.2, -0.15) is 13.2 Å². The number of urea groups is 1. The molecule has 1 aromatic rings. The number of amides is 5. The van der Waals surface area contributed by atoms with E-state index in [0.717, 1.165) is 0 Å². The molecule has 5 N–H and O–H groups in total. The van der Waals surface area contributed by atoms with Crippen LogP contribution in [0.2, 0.25) is 0 Å². The molecular weight excluding hydrogens is 627 g/mol. The predicted molar refractivity (Wildman–Crippen MR) is 162 cm³/mol. The molecule has 5 amide bonds. The summed E-state index contributed by atoms with van der Waals surface area (Å²) in [5.74, 6) is -5.86. The summed E-state index contributed by atoms with van der Waals surface area (Å²) in [6.45, 7) is 11.9. The minimum atomic E-state index is -4.67. The summed E-state index contributed by atoms with van der Waals surface area (Å²) in [7, 11) is 0. The molecule has 1 aliphatic heterocycles. The highest BCUT2D eigenvalue weighted by Gasteiger charge is 2.48. The molecule has 0 spiro atoms. The second-order valence-corrected chi connectivity index (χ2v) is 13.4. The fourth-order valence-corrected chi connectivity index (χ4v) is 5.36. The molecule has 0 bridgehead atoms. The molecule has 0 aromatic carbocycles. The molecule has 264 valence electrons. The number of hydrogen-bond acceptors (Lipinski definition) is 8. The largest absolute Gasteiger partial charge is 0.466 e. The SMILES string of the molecule is CC(C)C1CCN(C(=O)[C@@H](NC(=O)N[C@H](C(=O)OCc2ccco2)C(C)C)C(C)(C)C)[C@@H]1C(=O)NC(CCC(F)(F)F)C(=O)C(N)=O. The number of Topliss-reactive ketones (excluding diaryl/α,β-unsaturated/α-hetero) is 1. The van der Waals surface area contributed by atoms with Crippen LogP contribution in [0.25, 0.3) is 0 Å². The van der Waals surface area contributed by atoms with Gasteiger partial charge in [-0.25, -0.2) is 9.59 Å². The lowest BCUT2D eigenvalue weighted by Gasteiger charge is -2.37. The number of ketones is 1. The fourth-order valence-electron chi connectivity index (χ4n) is 5.36. The smallest absolute Gasteiger partial charge is 0.389 e. The van der Waals surface area contributed by atoms with Crippen molar-refractivity contribution < 1.29 is 51.1 Å². The number of alkyl halides is 3. The summed E-state index contributed by atoms with van der Waals surface area (Å²) in [4.78, 5) is 78.9. The van der Waals surface area contributed by atoms with Gasteiger partial charge in [-0.1, -0.05) is 48.5 Å². The van der Waals surface area contributed by atoms with Gasteiger partial charge < -0.3 is 35.7 Å². The molecule has 1 saturated heterocycles. The predicted octanol–water partition coefficient (Wildman–Crippen LogP) is 2.82. The van der Waals surface area contributed by atoms with Crippen molar-refractivity contribution in [1.82, 2.24) is 20.9 Å². The van der Waals surface area contributed by atoms with Crippen molar-refractivity contribution in [2.75, 3.05) is 6.54 Å². The highest BCUT2D eigenvalue weighted by Crippen LogP contribution is 2.33. The number of furan rings is 1. The summed E-state index contributed by atoms with van der Waals surface area (Å²) in [5.41, 5.74) is 4.12. The number of carbonyl (C=O) groups excluding carboxylic acids is 6. The van der Waals surface area contributed by atoms with Crippen LogP contribution >= 0.6 is 0 Å². The average molecular weight is 674 g/mol. The van der Waals surface area contributed by atoms with Crippen LogP contribution in [0.15, 0.2) is 22.8 Å². The highest BCUT2D eigenvalue weighted by molar-refractivity contribution is 6.37. The van der Waals surface area contributed by atoms with Crippen LogP contribution in [-0.4, -0.2) is 77.3 Å². The van der Waals surface area contributed by atoms with Crippen LogP contribution in [-0.2, 0) is 35.3 Å². The molecule has 0 aliphatic carbocycles. The third kappa shape index (κ3) is 11.3. The summed E-state index contributed by atoms with van der Waals surface area (Å²) in [6, 6.07) is -3.01. The van der Waals surface area contributed by atoms with Gasteiger partial charge in [0.2, 0.25) is 17.6 Å². The van der Waals surface area contributed by atoms with Crippen LogP contribution in [0.4, 0.5) is 18.0 Å². The van der Waals surface area contributed by atoms with Gasteiger partial charge in [-0.3, -0.25) is 19.2 Å². The lowest BCUT2D eigenvalue weighted by atomic mass is 9.84. The molecule has 5 atom stereocenters. The lowest BCUT2D eigenvalue weighted by molar-refractivity contribution is -0.149. The van der Waals surface area contributed by atoms with Crippen molar-refractivity contribution in [2.24, 2.45) is 28.9 Å². The van der Waals surface area contributed by atoms with Gasteiger partial charge in [0.05, 0.1) is 12.3 Å².